The predicted molar refractivity (Wildman–Crippen MR) is 258 cm³/mol. The van der Waals surface area contributed by atoms with Crippen LogP contribution < -0.4 is 9.47 Å². The van der Waals surface area contributed by atoms with Crippen LogP contribution in [-0.4, -0.2) is 32.0 Å². The Balaban J connectivity index is 1.44. The number of ether oxygens (including phenoxy) is 2. The van der Waals surface area contributed by atoms with Crippen molar-refractivity contribution in [3.63, 3.8) is 0 Å². The van der Waals surface area contributed by atoms with Crippen molar-refractivity contribution in [3.8, 4) is 21.3 Å². The van der Waals surface area contributed by atoms with Gasteiger partial charge in [0.2, 0.25) is 0 Å². The Labute approximate surface area is 395 Å². The first kappa shape index (κ1) is 45.8. The average molecular weight is 963 g/mol. The fourth-order valence-corrected chi connectivity index (χ4v) is 15.8. The van der Waals surface area contributed by atoms with Gasteiger partial charge in [-0.2, -0.15) is 26.3 Å². The second-order valence-corrected chi connectivity index (χ2v) is 25.8. The summed E-state index contributed by atoms with van der Waals surface area (Å²) in [5.74, 6) is -16.3. The van der Waals surface area contributed by atoms with Crippen LogP contribution >= 0.6 is 34.0 Å². The third kappa shape index (κ3) is 5.91. The topological polar surface area (TPSA) is 31.6 Å². The number of hydrogen-bond donors (Lipinski definition) is 0. The van der Waals surface area contributed by atoms with Crippen LogP contribution in [0, 0.1) is 0 Å². The maximum atomic E-state index is 17.4. The molecule has 6 aromatic rings. The molecule has 4 aromatic heterocycles. The molecule has 1 unspecified atom stereocenters. The van der Waals surface area contributed by atoms with E-state index in [1.165, 1.54) is 60.0 Å². The normalized spacial score (nSPS) is 23.7. The van der Waals surface area contributed by atoms with E-state index >= 15 is 26.3 Å². The van der Waals surface area contributed by atoms with Gasteiger partial charge in [-0.3, -0.25) is 0 Å². The van der Waals surface area contributed by atoms with Crippen LogP contribution in [0.2, 0.25) is 0 Å². The van der Waals surface area contributed by atoms with Crippen LogP contribution in [0.4, 0.5) is 26.3 Å². The van der Waals surface area contributed by atoms with E-state index in [9.17, 15) is 0 Å². The van der Waals surface area contributed by atoms with Gasteiger partial charge in [0.1, 0.15) is 16.8 Å². The summed E-state index contributed by atoms with van der Waals surface area (Å²) in [6.45, 7) is 23.8. The minimum absolute atomic E-state index is 0.00660. The highest BCUT2D eigenvalue weighted by molar-refractivity contribution is 7.22. The number of methoxy groups -OCH3 is 2. The summed E-state index contributed by atoms with van der Waals surface area (Å²) in [5, 5.41) is -0.0632. The Morgan fingerprint density at radius 1 is 0.576 bits per heavy atom. The Kier molecular flexibility index (Phi) is 9.59. The molecule has 4 aliphatic carbocycles. The SMILES string of the molecule is COc1cc2oc3c(c2cc1OC)C1=C(c2cc(-c4cc5c(s4)C(C)(C)CCC5(C)C)sc2C3(c2ccc(C(C)(C)C)cc2)c2cc3c(s2)C(C)(C)CCC3(C)C)C(F)(F)C(F)(F)C1(F)F. The first-order valence-electron chi connectivity index (χ1n) is 22.6. The maximum absolute atomic E-state index is 17.4. The van der Waals surface area contributed by atoms with Crippen molar-refractivity contribution in [2.45, 2.75) is 152 Å². The van der Waals surface area contributed by atoms with Gasteiger partial charge in [0.25, 0.3) is 0 Å². The average Bonchev–Trinajstić information content (AvgIpc) is 4.06. The van der Waals surface area contributed by atoms with E-state index in [1.54, 1.807) is 11.3 Å². The lowest BCUT2D eigenvalue weighted by Crippen LogP contribution is -2.49. The fraction of sp³-hybridized carbons (Fsp3) is 0.481. The monoisotopic (exact) mass is 962 g/mol. The van der Waals surface area contributed by atoms with E-state index in [4.69, 9.17) is 13.9 Å². The molecule has 66 heavy (non-hydrogen) atoms. The summed E-state index contributed by atoms with van der Waals surface area (Å²) in [7, 11) is 2.78. The van der Waals surface area contributed by atoms with Gasteiger partial charge in [0, 0.05) is 63.0 Å². The molecule has 0 bridgehead atoms. The van der Waals surface area contributed by atoms with Gasteiger partial charge >= 0.3 is 17.8 Å². The molecule has 1 atom stereocenters. The van der Waals surface area contributed by atoms with Crippen LogP contribution in [0.25, 0.3) is 31.9 Å². The summed E-state index contributed by atoms with van der Waals surface area (Å²) >= 11 is 4.30. The molecule has 0 saturated carbocycles. The predicted octanol–water partition coefficient (Wildman–Crippen LogP) is 16.8. The molecule has 0 aliphatic heterocycles. The Morgan fingerprint density at radius 2 is 1.08 bits per heavy atom. The number of benzene rings is 2. The summed E-state index contributed by atoms with van der Waals surface area (Å²) in [6.07, 6.45) is 3.63. The third-order valence-corrected chi connectivity index (χ3v) is 20.1. The zero-order chi connectivity index (χ0) is 47.9. The Bertz CT molecular complexity index is 2970. The summed E-state index contributed by atoms with van der Waals surface area (Å²) in [6, 6.07) is 16.4. The molecule has 0 radical (unpaired) electrons. The molecule has 0 amide bonds. The fourth-order valence-electron chi connectivity index (χ4n) is 11.1. The van der Waals surface area contributed by atoms with Crippen molar-refractivity contribution in [2.75, 3.05) is 14.2 Å². The number of fused-ring (bicyclic) bond motifs is 8. The second-order valence-electron chi connectivity index (χ2n) is 22.7. The maximum Gasteiger partial charge on any atom is 0.380 e. The number of alkyl halides is 6. The first-order valence-corrected chi connectivity index (χ1v) is 25.1. The molecule has 3 nitrogen and oxygen atoms in total. The van der Waals surface area contributed by atoms with Crippen LogP contribution in [0.3, 0.4) is 0 Å². The molecule has 350 valence electrons. The van der Waals surface area contributed by atoms with E-state index in [2.05, 4.69) is 88.3 Å². The van der Waals surface area contributed by atoms with Crippen LogP contribution in [0.1, 0.15) is 160 Å². The Morgan fingerprint density at radius 3 is 1.62 bits per heavy atom. The zero-order valence-corrected chi connectivity index (χ0v) is 42.2. The smallest absolute Gasteiger partial charge is 0.380 e. The van der Waals surface area contributed by atoms with Gasteiger partial charge in [-0.15, -0.1) is 34.0 Å². The summed E-state index contributed by atoms with van der Waals surface area (Å²) < 4.78 is 121. The molecular weight excluding hydrogens is 907 g/mol. The lowest BCUT2D eigenvalue weighted by Gasteiger charge is -2.39. The van der Waals surface area contributed by atoms with E-state index in [1.807, 2.05) is 24.3 Å². The number of halogens is 6. The van der Waals surface area contributed by atoms with Crippen molar-refractivity contribution in [1.29, 1.82) is 0 Å². The van der Waals surface area contributed by atoms with Gasteiger partial charge in [0.15, 0.2) is 11.5 Å². The Hall–Kier alpha value is -4.00. The van der Waals surface area contributed by atoms with Crippen molar-refractivity contribution in [2.24, 2.45) is 0 Å². The number of thiophene rings is 3. The molecule has 12 heteroatoms. The molecule has 10 rings (SSSR count). The molecule has 0 saturated heterocycles. The quantitative estimate of drug-likeness (QED) is 0.161. The highest BCUT2D eigenvalue weighted by Gasteiger charge is 2.81. The lowest BCUT2D eigenvalue weighted by molar-refractivity contribution is -0.254. The highest BCUT2D eigenvalue weighted by Crippen LogP contribution is 2.71. The third-order valence-electron chi connectivity index (χ3n) is 15.5. The molecular formula is C54H56F6O3S3. The number of furan rings is 1. The van der Waals surface area contributed by atoms with Crippen molar-refractivity contribution < 1.29 is 40.2 Å². The van der Waals surface area contributed by atoms with Crippen LogP contribution in [-0.2, 0) is 32.5 Å². The molecule has 0 N–H and O–H groups in total. The molecule has 4 heterocycles. The minimum Gasteiger partial charge on any atom is -0.493 e. The summed E-state index contributed by atoms with van der Waals surface area (Å²) in [5.41, 5.74) is -2.83. The molecule has 4 aliphatic rings. The zero-order valence-electron chi connectivity index (χ0n) is 39.7. The van der Waals surface area contributed by atoms with Crippen molar-refractivity contribution in [3.05, 3.63) is 113 Å². The number of allylic oxidation sites excluding steroid dienone is 2. The standard InChI is InChI=1S/C54H56F6O3S3/c1-46(2,3)27-14-16-28(17-15-27)51(38-25-32-45(66-38)50(10,11)21-19-48(32,6)7)42-39(29-22-34(61-12)35(62-13)26-33(29)63-42)41-40(52(55,56)54(59,60)53(41,57)58)30-23-36(64-43(30)51)37-24-31-44(65-37)49(8,9)20-18-47(31,4)5/h14-17,22-26H,18-21H2,1-13H3. The molecule has 2 aromatic carbocycles. The van der Waals surface area contributed by atoms with Gasteiger partial charge < -0.3 is 13.9 Å². The number of rotatable bonds is 5. The molecule has 0 fully saturated rings. The lowest BCUT2D eigenvalue weighted by atomic mass is 9.66. The largest absolute Gasteiger partial charge is 0.493 e. The van der Waals surface area contributed by atoms with Crippen molar-refractivity contribution in [1.82, 2.24) is 0 Å². The van der Waals surface area contributed by atoms with E-state index in [0.29, 0.717) is 15.3 Å². The van der Waals surface area contributed by atoms with Gasteiger partial charge in [-0.05, 0) is 99.3 Å². The van der Waals surface area contributed by atoms with Crippen molar-refractivity contribution >= 4 is 56.1 Å². The van der Waals surface area contributed by atoms with E-state index in [-0.39, 0.29) is 65.7 Å². The summed E-state index contributed by atoms with van der Waals surface area (Å²) in [4.78, 5) is 4.46. The van der Waals surface area contributed by atoms with Crippen LogP contribution in [0.15, 0.2) is 59.0 Å². The minimum atomic E-state index is -5.79. The van der Waals surface area contributed by atoms with E-state index in [0.717, 1.165) is 52.1 Å². The van der Waals surface area contributed by atoms with Crippen LogP contribution in [0.5, 0.6) is 11.5 Å². The van der Waals surface area contributed by atoms with Gasteiger partial charge in [0.05, 0.1) is 14.2 Å². The number of hydrogen-bond acceptors (Lipinski definition) is 6. The van der Waals surface area contributed by atoms with Gasteiger partial charge in [-0.25, -0.2) is 0 Å². The highest BCUT2D eigenvalue weighted by atomic mass is 32.1. The second kappa shape index (κ2) is 13.8. The van der Waals surface area contributed by atoms with Gasteiger partial charge in [-0.1, -0.05) is 100 Å². The molecule has 0 spiro atoms. The van der Waals surface area contributed by atoms with E-state index < -0.39 is 39.9 Å². The first-order chi connectivity index (χ1) is 30.5.